The minimum absolute atomic E-state index is 0.181. The molecule has 1 N–H and O–H groups in total. The van der Waals surface area contributed by atoms with Gasteiger partial charge >= 0.3 is 27.6 Å². The fourth-order valence-electron chi connectivity index (χ4n) is 1.51. The van der Waals surface area contributed by atoms with Crippen molar-refractivity contribution in [1.82, 2.24) is 9.62 Å². The van der Waals surface area contributed by atoms with Crippen LogP contribution in [-0.4, -0.2) is 44.0 Å². The van der Waals surface area contributed by atoms with Gasteiger partial charge in [-0.3, -0.25) is 4.79 Å². The first kappa shape index (κ1) is 23.3. The van der Waals surface area contributed by atoms with Crippen molar-refractivity contribution in [2.75, 3.05) is 13.1 Å². The van der Waals surface area contributed by atoms with Crippen LogP contribution in [0.5, 0.6) is 0 Å². The highest BCUT2D eigenvalue weighted by Gasteiger charge is 2.51. The lowest BCUT2D eigenvalue weighted by Crippen LogP contribution is -2.46. The fraction of sp³-hybridized carbons (Fsp3) is 0.615. The van der Waals surface area contributed by atoms with E-state index in [1.165, 1.54) is 25.0 Å². The molecule has 146 valence electrons. The van der Waals surface area contributed by atoms with Gasteiger partial charge in [-0.15, -0.1) is 0 Å². The van der Waals surface area contributed by atoms with E-state index in [0.717, 1.165) is 6.54 Å². The zero-order valence-corrected chi connectivity index (χ0v) is 14.2. The van der Waals surface area contributed by atoms with Gasteiger partial charge in [-0.05, 0) is 25.6 Å². The van der Waals surface area contributed by atoms with Crippen LogP contribution in [0.1, 0.15) is 26.7 Å². The van der Waals surface area contributed by atoms with Crippen molar-refractivity contribution >= 4 is 15.9 Å². The highest BCUT2D eigenvalue weighted by Crippen LogP contribution is 2.23. The van der Waals surface area contributed by atoms with E-state index in [1.54, 1.807) is 0 Å². The molecular weight excluding hydrogens is 378 g/mol. The van der Waals surface area contributed by atoms with Crippen LogP contribution in [0.25, 0.3) is 0 Å². The van der Waals surface area contributed by atoms with Crippen LogP contribution in [0.3, 0.4) is 0 Å². The summed E-state index contributed by atoms with van der Waals surface area (Å²) in [5, 5.41) is 0. The molecule has 1 heterocycles. The van der Waals surface area contributed by atoms with Crippen molar-refractivity contribution in [3.8, 4) is 0 Å². The van der Waals surface area contributed by atoms with Gasteiger partial charge in [-0.2, -0.15) is 34.8 Å². The molecule has 0 aromatic rings. The molecule has 1 aliphatic rings. The molecule has 0 saturated heterocycles. The number of amides is 1. The van der Waals surface area contributed by atoms with Crippen LogP contribution >= 0.6 is 0 Å². The van der Waals surface area contributed by atoms with Gasteiger partial charge in [0.05, 0.1) is 0 Å². The number of halogens is 6. The third kappa shape index (κ3) is 8.79. The van der Waals surface area contributed by atoms with Gasteiger partial charge in [0.15, 0.2) is 0 Å². The first-order valence-electron chi connectivity index (χ1n) is 6.99. The summed E-state index contributed by atoms with van der Waals surface area (Å²) in [7, 11) is -6.30. The van der Waals surface area contributed by atoms with Crippen molar-refractivity contribution in [3.63, 3.8) is 0 Å². The number of rotatable bonds is 4. The van der Waals surface area contributed by atoms with Crippen molar-refractivity contribution in [2.45, 2.75) is 38.4 Å². The fourth-order valence-corrected chi connectivity index (χ4v) is 1.98. The van der Waals surface area contributed by atoms with Gasteiger partial charge in [0.25, 0.3) is 0 Å². The second kappa shape index (κ2) is 9.11. The highest BCUT2D eigenvalue weighted by atomic mass is 32.2. The summed E-state index contributed by atoms with van der Waals surface area (Å²) in [6, 6.07) is 0. The number of carbonyl (C=O) groups excluding carboxylic acids is 1. The third-order valence-electron chi connectivity index (χ3n) is 2.72. The molecule has 0 bridgehead atoms. The molecule has 0 saturated carbocycles. The number of alkyl halides is 6. The van der Waals surface area contributed by atoms with Crippen molar-refractivity contribution < 1.29 is 39.6 Å². The number of nitrogens with one attached hydrogen (secondary N) is 1. The Balaban J connectivity index is 0.000000472. The van der Waals surface area contributed by atoms with Crippen LogP contribution in [0.4, 0.5) is 26.3 Å². The smallest absolute Gasteiger partial charge is 0.373 e. The third-order valence-corrected chi connectivity index (χ3v) is 3.78. The molecule has 0 aromatic heterocycles. The molecule has 0 radical (unpaired) electrons. The van der Waals surface area contributed by atoms with Gasteiger partial charge in [0.2, 0.25) is 0 Å². The number of nitrogens with zero attached hydrogens (tertiary/aromatic N) is 1. The van der Waals surface area contributed by atoms with Crippen molar-refractivity contribution in [2.24, 2.45) is 0 Å². The van der Waals surface area contributed by atoms with Gasteiger partial charge in [-0.25, -0.2) is 4.72 Å². The zero-order chi connectivity index (χ0) is 19.9. The van der Waals surface area contributed by atoms with E-state index in [-0.39, 0.29) is 4.72 Å². The van der Waals surface area contributed by atoms with E-state index < -0.39 is 27.6 Å². The predicted molar refractivity (Wildman–Crippen MR) is 78.6 cm³/mol. The Labute approximate surface area is 141 Å². The number of hydrogen-bond acceptors (Lipinski definition) is 4. The number of allylic oxidation sites excluding steroid dienone is 2. The van der Waals surface area contributed by atoms with E-state index in [2.05, 4.69) is 37.1 Å². The molecule has 0 spiro atoms. The van der Waals surface area contributed by atoms with E-state index in [9.17, 15) is 39.6 Å². The Morgan fingerprint density at radius 3 is 2.20 bits per heavy atom. The lowest BCUT2D eigenvalue weighted by molar-refractivity contribution is -0.171. The lowest BCUT2D eigenvalue weighted by Gasteiger charge is -2.22. The monoisotopic (exact) mass is 396 g/mol. The molecule has 1 rings (SSSR count). The Morgan fingerprint density at radius 2 is 1.80 bits per heavy atom. The maximum Gasteiger partial charge on any atom is 0.516 e. The molecule has 1 aliphatic heterocycles. The van der Waals surface area contributed by atoms with Crippen LogP contribution < -0.4 is 4.72 Å². The minimum atomic E-state index is -6.30. The molecule has 0 atom stereocenters. The quantitative estimate of drug-likeness (QED) is 0.742. The molecule has 25 heavy (non-hydrogen) atoms. The standard InChI is InChI=1S/C10H17N.C3HF6NO3S/c1-3-4-7-11-8-5-6-10(2)9-11;4-2(5,6)1(11)10-14(12,13)3(7,8)9/h5-6,8H,3-4,7,9H2,1-2H3;(H,10,11). The lowest BCUT2D eigenvalue weighted by atomic mass is 10.2. The second-order valence-corrected chi connectivity index (χ2v) is 6.73. The van der Waals surface area contributed by atoms with E-state index in [4.69, 9.17) is 0 Å². The molecule has 1 amide bonds. The van der Waals surface area contributed by atoms with Crippen molar-refractivity contribution in [1.29, 1.82) is 0 Å². The molecule has 0 aromatic carbocycles. The molecule has 0 unspecified atom stereocenters. The molecule has 5 nitrogen and oxygen atoms in total. The van der Waals surface area contributed by atoms with Gasteiger partial charge in [-0.1, -0.05) is 25.0 Å². The topological polar surface area (TPSA) is 66.5 Å². The van der Waals surface area contributed by atoms with Crippen LogP contribution in [-0.2, 0) is 14.8 Å². The SMILES string of the molecule is CCCCN1C=CC=C(C)C1.O=C(NS(=O)(=O)C(F)(F)F)C(F)(F)F. The summed E-state index contributed by atoms with van der Waals surface area (Å²) < 4.78 is 87.9. The Kier molecular flexibility index (Phi) is 8.48. The van der Waals surface area contributed by atoms with E-state index >= 15 is 0 Å². The molecule has 0 fully saturated rings. The summed E-state index contributed by atoms with van der Waals surface area (Å²) in [6.07, 6.45) is 3.39. The number of carbonyl (C=O) groups is 1. The minimum Gasteiger partial charge on any atom is -0.373 e. The van der Waals surface area contributed by atoms with Crippen LogP contribution in [0.15, 0.2) is 23.9 Å². The first-order chi connectivity index (χ1) is 11.2. The maximum absolute atomic E-state index is 11.4. The van der Waals surface area contributed by atoms with Crippen molar-refractivity contribution in [3.05, 3.63) is 23.9 Å². The van der Waals surface area contributed by atoms with Gasteiger partial charge < -0.3 is 4.90 Å². The normalized spacial score (nSPS) is 15.2. The molecular formula is C13H18F6N2O3S. The molecule has 12 heteroatoms. The largest absolute Gasteiger partial charge is 0.516 e. The summed E-state index contributed by atoms with van der Waals surface area (Å²) in [5.74, 6) is -3.20. The predicted octanol–water partition coefficient (Wildman–Crippen LogP) is 3.08. The summed E-state index contributed by atoms with van der Waals surface area (Å²) >= 11 is 0. The maximum atomic E-state index is 11.4. The summed E-state index contributed by atoms with van der Waals surface area (Å²) in [5.41, 5.74) is -4.50. The van der Waals surface area contributed by atoms with Gasteiger partial charge in [0, 0.05) is 13.1 Å². The molecule has 0 aliphatic carbocycles. The van der Waals surface area contributed by atoms with Crippen LogP contribution in [0, 0.1) is 0 Å². The Morgan fingerprint density at radius 1 is 1.24 bits per heavy atom. The average molecular weight is 396 g/mol. The van der Waals surface area contributed by atoms with Gasteiger partial charge in [0.1, 0.15) is 0 Å². The zero-order valence-electron chi connectivity index (χ0n) is 13.4. The second-order valence-electron chi connectivity index (χ2n) is 5.06. The Hall–Kier alpha value is -1.72. The van der Waals surface area contributed by atoms with E-state index in [0.29, 0.717) is 0 Å². The average Bonchev–Trinajstić information content (AvgIpc) is 2.43. The first-order valence-corrected chi connectivity index (χ1v) is 8.47. The van der Waals surface area contributed by atoms with E-state index in [1.807, 2.05) is 0 Å². The number of sulfonamides is 1. The number of hydrogen-bond donors (Lipinski definition) is 1. The Bertz CT molecular complexity index is 608. The highest BCUT2D eigenvalue weighted by molar-refractivity contribution is 7.90. The summed E-state index contributed by atoms with van der Waals surface area (Å²) in [6.45, 7) is 6.74. The summed E-state index contributed by atoms with van der Waals surface area (Å²) in [4.78, 5) is 12.2. The van der Waals surface area contributed by atoms with Crippen LogP contribution in [0.2, 0.25) is 0 Å². The number of unbranched alkanes of at least 4 members (excludes halogenated alkanes) is 1.